The number of hydrogen-bond acceptors (Lipinski definition) is 5. The fraction of sp³-hybridized carbons (Fsp3) is 0.600. The van der Waals surface area contributed by atoms with Gasteiger partial charge < -0.3 is 26.0 Å². The molecule has 0 aromatic heterocycles. The number of carboxylic acids is 1. The van der Waals surface area contributed by atoms with Crippen molar-refractivity contribution in [3.63, 3.8) is 0 Å². The van der Waals surface area contributed by atoms with Gasteiger partial charge in [0.2, 0.25) is 0 Å². The maximum absolute atomic E-state index is 10.3. The van der Waals surface area contributed by atoms with Crippen LogP contribution in [0, 0.1) is 0 Å². The van der Waals surface area contributed by atoms with Crippen molar-refractivity contribution in [2.45, 2.75) is 18.9 Å². The van der Waals surface area contributed by atoms with Gasteiger partial charge in [0.05, 0.1) is 12.0 Å². The Balaban J connectivity index is -0.000000270. The van der Waals surface area contributed by atoms with Crippen LogP contribution in [0.5, 0.6) is 0 Å². The molecule has 7 heteroatoms. The van der Waals surface area contributed by atoms with Gasteiger partial charge in [-0.25, -0.2) is 0 Å². The number of rotatable bonds is 1. The summed E-state index contributed by atoms with van der Waals surface area (Å²) < 4.78 is 0. The van der Waals surface area contributed by atoms with Crippen molar-refractivity contribution < 1.29 is 26.0 Å². The summed E-state index contributed by atoms with van der Waals surface area (Å²) in [5.41, 5.74) is 0. The van der Waals surface area contributed by atoms with Crippen LogP contribution in [0.2, 0.25) is 0 Å². The van der Waals surface area contributed by atoms with Crippen LogP contribution in [-0.2, 0) is 4.79 Å². The second-order valence-electron chi connectivity index (χ2n) is 1.90. The molecule has 0 bridgehead atoms. The molecular formula is C5H8AlNO5. The Bertz CT molecular complexity index is 171. The molecule has 1 atom stereocenters. The Morgan fingerprint density at radius 2 is 2.08 bits per heavy atom. The zero-order chi connectivity index (χ0) is 6.85. The molecule has 0 spiro atoms. The Morgan fingerprint density at radius 1 is 1.58 bits per heavy atom. The van der Waals surface area contributed by atoms with Gasteiger partial charge in [0, 0.05) is 0 Å². The van der Waals surface area contributed by atoms with Crippen LogP contribution in [-0.4, -0.2) is 46.2 Å². The van der Waals surface area contributed by atoms with Crippen LogP contribution in [0.25, 0.3) is 0 Å². The minimum absolute atomic E-state index is 0. The molecule has 0 saturated heterocycles. The molecule has 1 heterocycles. The minimum atomic E-state index is -1.25. The number of hydrogen-bond donors (Lipinski definition) is 0. The first-order valence-corrected chi connectivity index (χ1v) is 2.64. The molecule has 0 aromatic carbocycles. The van der Waals surface area contributed by atoms with Crippen molar-refractivity contribution in [3.8, 4) is 0 Å². The van der Waals surface area contributed by atoms with Crippen LogP contribution < -0.4 is 10.2 Å². The quantitative estimate of drug-likeness (QED) is 0.391. The fourth-order valence-corrected chi connectivity index (χ4v) is 0.734. The molecule has 1 aliphatic heterocycles. The first-order valence-electron chi connectivity index (χ1n) is 2.64. The molecule has 0 fully saturated rings. The molecule has 0 aromatic rings. The summed E-state index contributed by atoms with van der Waals surface area (Å²) in [5, 5.41) is 20.3. The first-order chi connectivity index (χ1) is 4.20. The zero-order valence-electron chi connectivity index (χ0n) is 6.19. The summed E-state index contributed by atoms with van der Waals surface area (Å²) in [5.74, 6) is -1.58. The number of nitrogens with zero attached hydrogens (tertiary/aromatic N) is 1. The van der Waals surface area contributed by atoms with E-state index in [2.05, 4.69) is 4.99 Å². The van der Waals surface area contributed by atoms with Crippen molar-refractivity contribution in [3.05, 3.63) is 0 Å². The number of carbonyl (C=O) groups is 1. The van der Waals surface area contributed by atoms with E-state index in [1.165, 1.54) is 0 Å². The van der Waals surface area contributed by atoms with E-state index in [4.69, 9.17) is 0 Å². The standard InChI is InChI=1S/C5H7NO3.Al.2H2O/c7-4-2-1-3(6-4)5(8)9;;;/h3H,1-2H2,(H,6,7)(H,8,9);;2*1H2/q;+3;;/p-3. The van der Waals surface area contributed by atoms with E-state index in [9.17, 15) is 15.0 Å². The van der Waals surface area contributed by atoms with Crippen molar-refractivity contribution in [2.75, 3.05) is 0 Å². The second-order valence-corrected chi connectivity index (χ2v) is 1.90. The third kappa shape index (κ3) is 4.31. The Morgan fingerprint density at radius 3 is 2.25 bits per heavy atom. The Kier molecular flexibility index (Phi) is 10.3. The second kappa shape index (κ2) is 7.06. The van der Waals surface area contributed by atoms with Gasteiger partial charge >= 0.3 is 17.4 Å². The molecule has 0 saturated carbocycles. The predicted molar refractivity (Wildman–Crippen MR) is 36.8 cm³/mol. The third-order valence-corrected chi connectivity index (χ3v) is 1.20. The van der Waals surface area contributed by atoms with E-state index in [-0.39, 0.29) is 40.6 Å². The maximum Gasteiger partial charge on any atom is 3.00 e. The summed E-state index contributed by atoms with van der Waals surface area (Å²) >= 11 is 0. The summed E-state index contributed by atoms with van der Waals surface area (Å²) in [6.45, 7) is 0. The first kappa shape index (κ1) is 17.5. The molecule has 0 radical (unpaired) electrons. The van der Waals surface area contributed by atoms with Crippen molar-refractivity contribution in [1.82, 2.24) is 0 Å². The van der Waals surface area contributed by atoms with Gasteiger partial charge in [-0.05, 0) is 18.7 Å². The normalized spacial score (nSPS) is 19.3. The predicted octanol–water partition coefficient (Wildman–Crippen LogP) is -3.72. The van der Waals surface area contributed by atoms with E-state index in [1.807, 2.05) is 0 Å². The van der Waals surface area contributed by atoms with Crippen LogP contribution in [0.15, 0.2) is 4.99 Å². The molecule has 0 aliphatic carbocycles. The molecular weight excluding hydrogens is 181 g/mol. The summed E-state index contributed by atoms with van der Waals surface area (Å²) in [4.78, 5) is 13.3. The van der Waals surface area contributed by atoms with Gasteiger partial charge in [-0.15, -0.1) is 0 Å². The molecule has 12 heavy (non-hydrogen) atoms. The number of carbonyl (C=O) groups excluding carboxylic acids is 1. The zero-order valence-corrected chi connectivity index (χ0v) is 7.34. The molecule has 0 amide bonds. The van der Waals surface area contributed by atoms with Crippen molar-refractivity contribution >= 4 is 29.2 Å². The maximum atomic E-state index is 10.3. The molecule has 1 rings (SSSR count). The van der Waals surface area contributed by atoms with Gasteiger partial charge in [-0.2, -0.15) is 0 Å². The van der Waals surface area contributed by atoms with Gasteiger partial charge in [0.25, 0.3) is 0 Å². The Labute approximate surface area is 79.7 Å². The largest absolute Gasteiger partial charge is 3.00 e. The van der Waals surface area contributed by atoms with Crippen molar-refractivity contribution in [1.29, 1.82) is 0 Å². The topological polar surface area (TPSA) is 137 Å². The van der Waals surface area contributed by atoms with Crippen molar-refractivity contribution in [2.24, 2.45) is 4.99 Å². The fourth-order valence-electron chi connectivity index (χ4n) is 0.734. The molecule has 6 nitrogen and oxygen atoms in total. The number of aliphatic carboxylic acids is 1. The summed E-state index contributed by atoms with van der Waals surface area (Å²) in [6, 6.07) is -0.877. The van der Waals surface area contributed by atoms with E-state index < -0.39 is 12.0 Å². The Hall–Kier alpha value is -0.608. The average molecular weight is 189 g/mol. The van der Waals surface area contributed by atoms with Gasteiger partial charge in [-0.3, -0.25) is 4.99 Å². The summed E-state index contributed by atoms with van der Waals surface area (Å²) in [6.07, 6.45) is 0.555. The molecule has 66 valence electrons. The van der Waals surface area contributed by atoms with Gasteiger partial charge in [-0.1, -0.05) is 0 Å². The number of aliphatic imine (C=N–C) groups is 1. The average Bonchev–Trinajstić information content (AvgIpc) is 2.14. The van der Waals surface area contributed by atoms with E-state index >= 15 is 0 Å². The smallest absolute Gasteiger partial charge is 0.870 e. The van der Waals surface area contributed by atoms with E-state index in [1.54, 1.807) is 0 Å². The van der Waals surface area contributed by atoms with Gasteiger partial charge in [0.1, 0.15) is 0 Å². The summed E-state index contributed by atoms with van der Waals surface area (Å²) in [7, 11) is 0. The SMILES string of the molecule is O.O=C([O-])C1CCC([O-])=N1.[Al+3].[OH-]. The van der Waals surface area contributed by atoms with E-state index in [0.29, 0.717) is 6.42 Å². The van der Waals surface area contributed by atoms with Crippen LogP contribution in [0.3, 0.4) is 0 Å². The minimum Gasteiger partial charge on any atom is -0.870 e. The van der Waals surface area contributed by atoms with Crippen LogP contribution >= 0.6 is 0 Å². The molecule has 1 aliphatic rings. The molecule has 3 N–H and O–H groups in total. The third-order valence-electron chi connectivity index (χ3n) is 1.20. The molecule has 1 unspecified atom stereocenters. The van der Waals surface area contributed by atoms with Crippen LogP contribution in [0.1, 0.15) is 12.8 Å². The van der Waals surface area contributed by atoms with Gasteiger partial charge in [0.15, 0.2) is 0 Å². The van der Waals surface area contributed by atoms with E-state index in [0.717, 1.165) is 0 Å². The van der Waals surface area contributed by atoms with Crippen LogP contribution in [0.4, 0.5) is 0 Å². The number of carboxylic acid groups (broad SMARTS) is 1. The monoisotopic (exact) mass is 189 g/mol.